The van der Waals surface area contributed by atoms with Crippen LogP contribution in [-0.4, -0.2) is 38.5 Å². The molecule has 5 nitrogen and oxygen atoms in total. The molecular formula is C14H22N2O3S. The van der Waals surface area contributed by atoms with Crippen molar-refractivity contribution in [3.8, 4) is 5.75 Å². The van der Waals surface area contributed by atoms with Gasteiger partial charge in [0.05, 0.1) is 6.04 Å². The summed E-state index contributed by atoms with van der Waals surface area (Å²) in [5.41, 5.74) is 0. The Morgan fingerprint density at radius 3 is 2.65 bits per heavy atom. The van der Waals surface area contributed by atoms with E-state index in [9.17, 15) is 8.42 Å². The molecule has 0 unspecified atom stereocenters. The summed E-state index contributed by atoms with van der Waals surface area (Å²) in [6, 6.07) is 9.37. The quantitative estimate of drug-likeness (QED) is 0.871. The summed E-state index contributed by atoms with van der Waals surface area (Å²) in [6.45, 7) is 2.26. The zero-order chi connectivity index (χ0) is 14.6. The number of benzene rings is 1. The van der Waals surface area contributed by atoms with Crippen molar-refractivity contribution < 1.29 is 13.2 Å². The zero-order valence-corrected chi connectivity index (χ0v) is 12.8. The number of para-hydroxylation sites is 1. The van der Waals surface area contributed by atoms with Gasteiger partial charge in [-0.05, 0) is 31.4 Å². The fourth-order valence-electron chi connectivity index (χ4n) is 2.33. The number of nitrogens with zero attached hydrogens (tertiary/aromatic N) is 1. The van der Waals surface area contributed by atoms with E-state index in [4.69, 9.17) is 4.74 Å². The molecule has 1 fully saturated rings. The second kappa shape index (κ2) is 6.56. The third kappa shape index (κ3) is 3.71. The lowest BCUT2D eigenvalue weighted by molar-refractivity contribution is 0.184. The summed E-state index contributed by atoms with van der Waals surface area (Å²) in [4.78, 5) is 0. The topological polar surface area (TPSA) is 58.6 Å². The van der Waals surface area contributed by atoms with Gasteiger partial charge in [0.2, 0.25) is 0 Å². The minimum atomic E-state index is -3.42. The fourth-order valence-corrected chi connectivity index (χ4v) is 3.50. The number of hydrogen-bond donors (Lipinski definition) is 1. The molecule has 0 bridgehead atoms. The van der Waals surface area contributed by atoms with E-state index in [1.165, 1.54) is 4.31 Å². The van der Waals surface area contributed by atoms with Gasteiger partial charge in [-0.25, -0.2) is 0 Å². The van der Waals surface area contributed by atoms with Gasteiger partial charge in [-0.2, -0.15) is 17.4 Å². The van der Waals surface area contributed by atoms with Crippen molar-refractivity contribution in [1.29, 1.82) is 0 Å². The standard InChI is InChI=1S/C14H22N2O3S/c1-3-16(2)20(17,18)15-13-10-7-11-14(13)19-12-8-5-4-6-9-12/h4-6,8-9,13-15H,3,7,10-11H2,1-2H3/t13-,14-/m0/s1. The summed E-state index contributed by atoms with van der Waals surface area (Å²) in [6.07, 6.45) is 2.56. The lowest BCUT2D eigenvalue weighted by Crippen LogP contribution is -2.47. The summed E-state index contributed by atoms with van der Waals surface area (Å²) < 4.78 is 34.1. The van der Waals surface area contributed by atoms with Crippen LogP contribution >= 0.6 is 0 Å². The van der Waals surface area contributed by atoms with E-state index in [-0.39, 0.29) is 12.1 Å². The average molecular weight is 298 g/mol. The maximum Gasteiger partial charge on any atom is 0.279 e. The first kappa shape index (κ1) is 15.3. The van der Waals surface area contributed by atoms with E-state index in [0.29, 0.717) is 6.54 Å². The van der Waals surface area contributed by atoms with Gasteiger partial charge in [-0.1, -0.05) is 25.1 Å². The molecule has 0 radical (unpaired) electrons. The van der Waals surface area contributed by atoms with Crippen LogP contribution in [0.25, 0.3) is 0 Å². The molecule has 1 aliphatic carbocycles. The minimum Gasteiger partial charge on any atom is -0.489 e. The molecule has 0 spiro atoms. The van der Waals surface area contributed by atoms with Crippen LogP contribution in [0.2, 0.25) is 0 Å². The van der Waals surface area contributed by atoms with Crippen molar-refractivity contribution in [2.24, 2.45) is 0 Å². The summed E-state index contributed by atoms with van der Waals surface area (Å²) in [5, 5.41) is 0. The molecule has 1 saturated carbocycles. The second-order valence-electron chi connectivity index (χ2n) is 5.04. The molecule has 112 valence electrons. The Hall–Kier alpha value is -1.11. The summed E-state index contributed by atoms with van der Waals surface area (Å²) in [5.74, 6) is 0.785. The molecule has 0 heterocycles. The van der Waals surface area contributed by atoms with Gasteiger partial charge in [0.25, 0.3) is 10.2 Å². The molecule has 0 amide bonds. The van der Waals surface area contributed by atoms with E-state index >= 15 is 0 Å². The smallest absolute Gasteiger partial charge is 0.279 e. The Bertz CT molecular complexity index is 518. The van der Waals surface area contributed by atoms with E-state index in [2.05, 4.69) is 4.72 Å². The van der Waals surface area contributed by atoms with E-state index in [0.717, 1.165) is 25.0 Å². The third-order valence-electron chi connectivity index (χ3n) is 3.64. The van der Waals surface area contributed by atoms with Crippen LogP contribution in [0.1, 0.15) is 26.2 Å². The van der Waals surface area contributed by atoms with Crippen molar-refractivity contribution >= 4 is 10.2 Å². The van der Waals surface area contributed by atoms with E-state index < -0.39 is 10.2 Å². The first-order chi connectivity index (χ1) is 9.53. The highest BCUT2D eigenvalue weighted by molar-refractivity contribution is 7.87. The van der Waals surface area contributed by atoms with Crippen molar-refractivity contribution in [3.05, 3.63) is 30.3 Å². The molecule has 1 N–H and O–H groups in total. The molecular weight excluding hydrogens is 276 g/mol. The van der Waals surface area contributed by atoms with Crippen LogP contribution in [0.15, 0.2) is 30.3 Å². The summed E-state index contributed by atoms with van der Waals surface area (Å²) >= 11 is 0. The maximum atomic E-state index is 12.1. The van der Waals surface area contributed by atoms with Crippen molar-refractivity contribution in [2.75, 3.05) is 13.6 Å². The molecule has 1 aromatic carbocycles. The highest BCUT2D eigenvalue weighted by Gasteiger charge is 2.33. The van der Waals surface area contributed by atoms with Gasteiger partial charge in [0.15, 0.2) is 0 Å². The van der Waals surface area contributed by atoms with Gasteiger partial charge >= 0.3 is 0 Å². The Morgan fingerprint density at radius 1 is 1.30 bits per heavy atom. The van der Waals surface area contributed by atoms with Gasteiger partial charge in [0, 0.05) is 13.6 Å². The molecule has 0 aliphatic heterocycles. The monoisotopic (exact) mass is 298 g/mol. The minimum absolute atomic E-state index is 0.0996. The predicted octanol–water partition coefficient (Wildman–Crippen LogP) is 1.77. The van der Waals surface area contributed by atoms with Crippen molar-refractivity contribution in [1.82, 2.24) is 9.03 Å². The van der Waals surface area contributed by atoms with Crippen LogP contribution in [0.4, 0.5) is 0 Å². The van der Waals surface area contributed by atoms with Crippen LogP contribution in [-0.2, 0) is 10.2 Å². The third-order valence-corrected chi connectivity index (χ3v) is 5.32. The molecule has 1 aliphatic rings. The SMILES string of the molecule is CCN(C)S(=O)(=O)N[C@H]1CCC[C@@H]1Oc1ccccc1. The molecule has 0 saturated heterocycles. The largest absolute Gasteiger partial charge is 0.489 e. The molecule has 2 rings (SSSR count). The molecule has 2 atom stereocenters. The van der Waals surface area contributed by atoms with Crippen LogP contribution < -0.4 is 9.46 Å². The molecule has 6 heteroatoms. The number of hydrogen-bond acceptors (Lipinski definition) is 3. The van der Waals surface area contributed by atoms with E-state index in [1.807, 2.05) is 37.3 Å². The van der Waals surface area contributed by atoms with Gasteiger partial charge in [-0.15, -0.1) is 0 Å². The lowest BCUT2D eigenvalue weighted by atomic mass is 10.2. The average Bonchev–Trinajstić information content (AvgIpc) is 2.85. The maximum absolute atomic E-state index is 12.1. The van der Waals surface area contributed by atoms with Crippen LogP contribution in [0, 0.1) is 0 Å². The van der Waals surface area contributed by atoms with Gasteiger partial charge in [0.1, 0.15) is 11.9 Å². The normalized spacial score (nSPS) is 23.1. The number of ether oxygens (including phenoxy) is 1. The van der Waals surface area contributed by atoms with Crippen molar-refractivity contribution in [2.45, 2.75) is 38.3 Å². The molecule has 1 aromatic rings. The van der Waals surface area contributed by atoms with Gasteiger partial charge < -0.3 is 4.74 Å². The Kier molecular flexibility index (Phi) is 5.01. The lowest BCUT2D eigenvalue weighted by Gasteiger charge is -2.24. The highest BCUT2D eigenvalue weighted by atomic mass is 32.2. The Balaban J connectivity index is 2.01. The summed E-state index contributed by atoms with van der Waals surface area (Å²) in [7, 11) is -1.84. The van der Waals surface area contributed by atoms with Gasteiger partial charge in [-0.3, -0.25) is 0 Å². The fraction of sp³-hybridized carbons (Fsp3) is 0.571. The first-order valence-electron chi connectivity index (χ1n) is 6.98. The molecule has 20 heavy (non-hydrogen) atoms. The van der Waals surface area contributed by atoms with Crippen LogP contribution in [0.3, 0.4) is 0 Å². The van der Waals surface area contributed by atoms with Crippen LogP contribution in [0.5, 0.6) is 5.75 Å². The first-order valence-corrected chi connectivity index (χ1v) is 8.42. The zero-order valence-electron chi connectivity index (χ0n) is 12.0. The Labute approximate surface area is 121 Å². The highest BCUT2D eigenvalue weighted by Crippen LogP contribution is 2.25. The molecule has 0 aromatic heterocycles. The van der Waals surface area contributed by atoms with Crippen molar-refractivity contribution in [3.63, 3.8) is 0 Å². The second-order valence-corrected chi connectivity index (χ2v) is 6.85. The number of rotatable bonds is 6. The Morgan fingerprint density at radius 2 is 2.00 bits per heavy atom. The van der Waals surface area contributed by atoms with E-state index in [1.54, 1.807) is 7.05 Å². The predicted molar refractivity (Wildman–Crippen MR) is 78.9 cm³/mol. The number of nitrogens with one attached hydrogen (secondary N) is 1.